The van der Waals surface area contributed by atoms with E-state index in [-0.39, 0.29) is 23.6 Å². The Morgan fingerprint density at radius 3 is 1.30 bits per heavy atom. The fourth-order valence-electron chi connectivity index (χ4n) is 2.14. The van der Waals surface area contributed by atoms with E-state index in [9.17, 15) is 19.2 Å². The molecule has 7 heteroatoms. The van der Waals surface area contributed by atoms with Crippen LogP contribution in [0.2, 0.25) is 0 Å². The highest BCUT2D eigenvalue weighted by Gasteiger charge is 2.37. The van der Waals surface area contributed by atoms with Crippen molar-refractivity contribution in [2.75, 3.05) is 0 Å². The molecule has 0 aromatic heterocycles. The zero-order valence-corrected chi connectivity index (χ0v) is 15.7. The molecule has 0 fully saturated rings. The van der Waals surface area contributed by atoms with E-state index in [1.165, 1.54) is 28.0 Å². The summed E-state index contributed by atoms with van der Waals surface area (Å²) < 4.78 is 0.336. The fraction of sp³-hybridized carbons (Fsp3) is 0.500. The van der Waals surface area contributed by atoms with Crippen molar-refractivity contribution in [1.82, 2.24) is 9.80 Å². The molecule has 0 saturated heterocycles. The largest absolute Gasteiger partial charge is 0.270 e. The molecule has 126 valence electrons. The summed E-state index contributed by atoms with van der Waals surface area (Å²) in [5.74, 6) is -0.947. The SMILES string of the molecule is CC(C)(C)N1C(=O)C=C(Br)C1=O.CC(C)(C)N1C(=O)C=CC1=O. The molecule has 0 bridgehead atoms. The number of nitrogens with zero attached hydrogens (tertiary/aromatic N) is 2. The first-order valence-electron chi connectivity index (χ1n) is 7.09. The third-order valence-corrected chi connectivity index (χ3v) is 3.60. The number of carbonyl (C=O) groups excluding carboxylic acids is 4. The van der Waals surface area contributed by atoms with Gasteiger partial charge in [-0.1, -0.05) is 0 Å². The van der Waals surface area contributed by atoms with Gasteiger partial charge in [0.25, 0.3) is 23.6 Å². The molecule has 4 amide bonds. The maximum atomic E-state index is 11.4. The number of carbonyl (C=O) groups is 4. The summed E-state index contributed by atoms with van der Waals surface area (Å²) in [7, 11) is 0. The van der Waals surface area contributed by atoms with Crippen LogP contribution in [0.4, 0.5) is 0 Å². The fourth-order valence-corrected chi connectivity index (χ4v) is 2.51. The normalized spacial score (nSPS) is 18.5. The van der Waals surface area contributed by atoms with Gasteiger partial charge in [0, 0.05) is 29.3 Å². The second-order valence-corrected chi connectivity index (χ2v) is 8.01. The lowest BCUT2D eigenvalue weighted by Crippen LogP contribution is -2.45. The van der Waals surface area contributed by atoms with Crippen molar-refractivity contribution in [2.24, 2.45) is 0 Å². The smallest absolute Gasteiger partial charge is 0.268 e. The molecule has 0 saturated carbocycles. The molecule has 0 unspecified atom stereocenters. The Balaban J connectivity index is 0.000000231. The lowest BCUT2D eigenvalue weighted by atomic mass is 10.1. The summed E-state index contributed by atoms with van der Waals surface area (Å²) in [4.78, 5) is 47.2. The summed E-state index contributed by atoms with van der Waals surface area (Å²) in [5.41, 5.74) is -0.849. The molecular formula is C16H21BrN2O4. The van der Waals surface area contributed by atoms with E-state index >= 15 is 0 Å². The molecule has 6 nitrogen and oxygen atoms in total. The number of hydrogen-bond acceptors (Lipinski definition) is 4. The first kappa shape index (κ1) is 19.3. The summed E-state index contributed by atoms with van der Waals surface area (Å²) in [6.45, 7) is 11.0. The van der Waals surface area contributed by atoms with Gasteiger partial charge >= 0.3 is 0 Å². The minimum Gasteiger partial charge on any atom is -0.270 e. The predicted molar refractivity (Wildman–Crippen MR) is 89.4 cm³/mol. The lowest BCUT2D eigenvalue weighted by molar-refractivity contribution is -0.143. The van der Waals surface area contributed by atoms with Crippen LogP contribution in [0.25, 0.3) is 0 Å². The molecule has 0 spiro atoms. The molecule has 0 N–H and O–H groups in total. The summed E-state index contributed by atoms with van der Waals surface area (Å²) >= 11 is 3.03. The van der Waals surface area contributed by atoms with Crippen molar-refractivity contribution in [2.45, 2.75) is 52.6 Å². The van der Waals surface area contributed by atoms with Gasteiger partial charge in [0.05, 0.1) is 4.48 Å². The van der Waals surface area contributed by atoms with E-state index in [0.29, 0.717) is 4.48 Å². The molecule has 0 aliphatic carbocycles. The van der Waals surface area contributed by atoms with Gasteiger partial charge < -0.3 is 0 Å². The summed E-state index contributed by atoms with van der Waals surface area (Å²) in [6, 6.07) is 0. The van der Waals surface area contributed by atoms with Gasteiger partial charge in [0.2, 0.25) is 0 Å². The molecule has 0 aromatic rings. The van der Waals surface area contributed by atoms with Crippen molar-refractivity contribution in [1.29, 1.82) is 0 Å². The zero-order chi connectivity index (χ0) is 18.2. The molecule has 2 aliphatic heterocycles. The van der Waals surface area contributed by atoms with Crippen molar-refractivity contribution in [3.8, 4) is 0 Å². The topological polar surface area (TPSA) is 74.8 Å². The van der Waals surface area contributed by atoms with Crippen LogP contribution in [0.1, 0.15) is 41.5 Å². The van der Waals surface area contributed by atoms with Gasteiger partial charge in [-0.25, -0.2) is 0 Å². The third kappa shape index (κ3) is 4.37. The van der Waals surface area contributed by atoms with E-state index in [2.05, 4.69) is 15.9 Å². The van der Waals surface area contributed by atoms with Crippen LogP contribution in [0.5, 0.6) is 0 Å². The van der Waals surface area contributed by atoms with Crippen molar-refractivity contribution < 1.29 is 19.2 Å². The predicted octanol–water partition coefficient (Wildman–Crippen LogP) is 2.14. The van der Waals surface area contributed by atoms with Crippen LogP contribution in [0.15, 0.2) is 22.7 Å². The van der Waals surface area contributed by atoms with E-state index in [0.717, 1.165) is 0 Å². The average Bonchev–Trinajstić information content (AvgIpc) is 2.78. The molecule has 0 atom stereocenters. The Hall–Kier alpha value is -1.76. The van der Waals surface area contributed by atoms with Crippen molar-refractivity contribution in [3.63, 3.8) is 0 Å². The van der Waals surface area contributed by atoms with Crippen LogP contribution in [0, 0.1) is 0 Å². The Bertz CT molecular complexity index is 603. The Morgan fingerprint density at radius 1 is 0.739 bits per heavy atom. The van der Waals surface area contributed by atoms with Crippen molar-refractivity contribution >= 4 is 39.6 Å². The Morgan fingerprint density at radius 2 is 1.13 bits per heavy atom. The molecule has 0 radical (unpaired) electrons. The quantitative estimate of drug-likeness (QED) is 0.599. The van der Waals surface area contributed by atoms with Crippen molar-refractivity contribution in [3.05, 3.63) is 22.7 Å². The highest BCUT2D eigenvalue weighted by Crippen LogP contribution is 2.25. The third-order valence-electron chi connectivity index (χ3n) is 3.03. The van der Waals surface area contributed by atoms with Gasteiger partial charge in [-0.2, -0.15) is 0 Å². The van der Waals surface area contributed by atoms with Gasteiger partial charge in [-0.3, -0.25) is 29.0 Å². The van der Waals surface area contributed by atoms with Crippen LogP contribution in [-0.4, -0.2) is 44.5 Å². The second kappa shape index (κ2) is 6.39. The maximum absolute atomic E-state index is 11.4. The first-order valence-corrected chi connectivity index (χ1v) is 7.88. The molecular weight excluding hydrogens is 364 g/mol. The van der Waals surface area contributed by atoms with Crippen LogP contribution in [0.3, 0.4) is 0 Å². The molecule has 2 aliphatic rings. The van der Waals surface area contributed by atoms with E-state index in [4.69, 9.17) is 0 Å². The number of halogens is 1. The maximum Gasteiger partial charge on any atom is 0.268 e. The highest BCUT2D eigenvalue weighted by atomic mass is 79.9. The average molecular weight is 385 g/mol. The Labute approximate surface area is 144 Å². The molecule has 2 heterocycles. The zero-order valence-electron chi connectivity index (χ0n) is 14.1. The van der Waals surface area contributed by atoms with E-state index in [1.54, 1.807) is 0 Å². The molecule has 23 heavy (non-hydrogen) atoms. The van der Waals surface area contributed by atoms with Crippen LogP contribution in [-0.2, 0) is 19.2 Å². The van der Waals surface area contributed by atoms with Gasteiger partial charge in [-0.05, 0) is 57.5 Å². The summed E-state index contributed by atoms with van der Waals surface area (Å²) in [6.07, 6.45) is 3.90. The van der Waals surface area contributed by atoms with Gasteiger partial charge in [-0.15, -0.1) is 0 Å². The molecule has 2 rings (SSSR count). The monoisotopic (exact) mass is 384 g/mol. The Kier molecular flexibility index (Phi) is 5.36. The van der Waals surface area contributed by atoms with Crippen LogP contribution >= 0.6 is 15.9 Å². The molecule has 0 aromatic carbocycles. The van der Waals surface area contributed by atoms with Gasteiger partial charge in [0.15, 0.2) is 0 Å². The van der Waals surface area contributed by atoms with E-state index < -0.39 is 11.1 Å². The first-order chi connectivity index (χ1) is 10.3. The minimum absolute atomic E-state index is 0.220. The number of amides is 4. The van der Waals surface area contributed by atoms with E-state index in [1.807, 2.05) is 41.5 Å². The standard InChI is InChI=1S/C8H10BrNO2.C8H11NO2/c1-8(2,3)10-6(11)4-5(9)7(10)12;1-8(2,3)9-6(10)4-5-7(9)11/h4H,1-3H3;4-5H,1-3H3. The van der Waals surface area contributed by atoms with Gasteiger partial charge in [0.1, 0.15) is 0 Å². The second-order valence-electron chi connectivity index (χ2n) is 7.16. The number of rotatable bonds is 0. The lowest BCUT2D eigenvalue weighted by Gasteiger charge is -2.29. The highest BCUT2D eigenvalue weighted by molar-refractivity contribution is 9.12. The minimum atomic E-state index is -0.444. The van der Waals surface area contributed by atoms with Crippen LogP contribution < -0.4 is 0 Å². The number of imide groups is 2. The summed E-state index contributed by atoms with van der Waals surface area (Å²) in [5, 5.41) is 0. The number of hydrogen-bond donors (Lipinski definition) is 0.